The van der Waals surface area contributed by atoms with Gasteiger partial charge in [0.1, 0.15) is 18.2 Å². The number of nitrogens with one attached hydrogen (secondary N) is 1. The third kappa shape index (κ3) is 6.46. The Balaban J connectivity index is 1.47. The molecule has 8 nitrogen and oxygen atoms in total. The number of halogens is 1. The van der Waals surface area contributed by atoms with Crippen LogP contribution < -0.4 is 9.46 Å². The van der Waals surface area contributed by atoms with Crippen molar-refractivity contribution in [2.45, 2.75) is 37.3 Å². The van der Waals surface area contributed by atoms with E-state index in [2.05, 4.69) is 9.71 Å². The SMILES string of the molecule is O=C(O)CCn1cc(CCCNS(=O)(=O)c2ccc(F)cc2)c2cc(OCc3cccnc3)ccc21. The number of pyridine rings is 1. The van der Waals surface area contributed by atoms with Crippen LogP contribution in [0.1, 0.15) is 24.0 Å². The number of ether oxygens (including phenoxy) is 1. The first-order valence-electron chi connectivity index (χ1n) is 11.4. The maximum absolute atomic E-state index is 13.1. The van der Waals surface area contributed by atoms with Gasteiger partial charge in [0.15, 0.2) is 0 Å². The number of benzene rings is 2. The van der Waals surface area contributed by atoms with E-state index in [1.54, 1.807) is 12.4 Å². The number of carbonyl (C=O) groups is 1. The van der Waals surface area contributed by atoms with Gasteiger partial charge in [0.2, 0.25) is 10.0 Å². The summed E-state index contributed by atoms with van der Waals surface area (Å²) in [5.41, 5.74) is 2.78. The Hall–Kier alpha value is -3.76. The molecule has 0 amide bonds. The molecule has 0 radical (unpaired) electrons. The standard InChI is InChI=1S/C26H26FN3O5S/c27-21-5-8-23(9-6-21)36(33,34)29-13-2-4-20-17-30(14-11-26(31)32)25-10-7-22(15-24(20)25)35-18-19-3-1-12-28-16-19/h1,3,5-10,12,15-17,29H,2,4,11,13-14,18H2,(H,31,32). The molecule has 36 heavy (non-hydrogen) atoms. The maximum atomic E-state index is 13.1. The summed E-state index contributed by atoms with van der Waals surface area (Å²) >= 11 is 0. The summed E-state index contributed by atoms with van der Waals surface area (Å²) in [6, 6.07) is 14.1. The van der Waals surface area contributed by atoms with Gasteiger partial charge in [-0.15, -0.1) is 0 Å². The van der Waals surface area contributed by atoms with Crippen molar-refractivity contribution in [2.24, 2.45) is 0 Å². The van der Waals surface area contributed by atoms with E-state index in [9.17, 15) is 17.6 Å². The predicted octanol–water partition coefficient (Wildman–Crippen LogP) is 4.14. The number of fused-ring (bicyclic) bond motifs is 1. The lowest BCUT2D eigenvalue weighted by Crippen LogP contribution is -2.25. The molecule has 0 bridgehead atoms. The molecule has 188 valence electrons. The van der Waals surface area contributed by atoms with Crippen molar-refractivity contribution in [3.05, 3.63) is 90.1 Å². The Morgan fingerprint density at radius 2 is 1.94 bits per heavy atom. The number of nitrogens with zero attached hydrogens (tertiary/aromatic N) is 2. The van der Waals surface area contributed by atoms with Crippen molar-refractivity contribution < 1.29 is 27.4 Å². The average molecular weight is 512 g/mol. The number of carboxylic acid groups (broad SMARTS) is 1. The van der Waals surface area contributed by atoms with Crippen molar-refractivity contribution in [2.75, 3.05) is 6.54 Å². The molecular formula is C26H26FN3O5S. The lowest BCUT2D eigenvalue weighted by Gasteiger charge is -2.08. The van der Waals surface area contributed by atoms with Crippen LogP contribution in [-0.4, -0.2) is 35.6 Å². The van der Waals surface area contributed by atoms with Gasteiger partial charge in [-0.3, -0.25) is 9.78 Å². The molecule has 0 saturated carbocycles. The minimum Gasteiger partial charge on any atom is -0.489 e. The van der Waals surface area contributed by atoms with Gasteiger partial charge in [-0.1, -0.05) is 6.07 Å². The van der Waals surface area contributed by atoms with E-state index < -0.39 is 21.8 Å². The van der Waals surface area contributed by atoms with Crippen LogP contribution in [0.25, 0.3) is 10.9 Å². The zero-order valence-corrected chi connectivity index (χ0v) is 20.2. The minimum absolute atomic E-state index is 0.00424. The van der Waals surface area contributed by atoms with Gasteiger partial charge >= 0.3 is 5.97 Å². The zero-order chi connectivity index (χ0) is 25.5. The van der Waals surface area contributed by atoms with Crippen LogP contribution in [0.3, 0.4) is 0 Å². The molecule has 0 unspecified atom stereocenters. The van der Waals surface area contributed by atoms with E-state index in [1.165, 1.54) is 12.1 Å². The Morgan fingerprint density at radius 3 is 2.67 bits per heavy atom. The predicted molar refractivity (Wildman–Crippen MR) is 133 cm³/mol. The van der Waals surface area contributed by atoms with Gasteiger partial charge in [-0.05, 0) is 66.9 Å². The molecule has 2 N–H and O–H groups in total. The summed E-state index contributed by atoms with van der Waals surface area (Å²) in [6.45, 7) is 0.872. The first kappa shape index (κ1) is 25.3. The topological polar surface area (TPSA) is 111 Å². The smallest absolute Gasteiger partial charge is 0.305 e. The monoisotopic (exact) mass is 511 g/mol. The van der Waals surface area contributed by atoms with E-state index in [0.717, 1.165) is 34.2 Å². The van der Waals surface area contributed by atoms with Crippen LogP contribution in [0.15, 0.2) is 78.1 Å². The van der Waals surface area contributed by atoms with Gasteiger partial charge in [0.25, 0.3) is 0 Å². The number of carboxylic acids is 1. The molecule has 0 aliphatic heterocycles. The molecule has 0 atom stereocenters. The number of aryl methyl sites for hydroxylation is 2. The van der Waals surface area contributed by atoms with Gasteiger partial charge in [0, 0.05) is 48.1 Å². The normalized spacial score (nSPS) is 11.6. The highest BCUT2D eigenvalue weighted by molar-refractivity contribution is 7.89. The second-order valence-corrected chi connectivity index (χ2v) is 10.0. The Bertz CT molecular complexity index is 1440. The van der Waals surface area contributed by atoms with Gasteiger partial charge in [-0.2, -0.15) is 0 Å². The summed E-state index contributed by atoms with van der Waals surface area (Å²) in [7, 11) is -3.74. The van der Waals surface area contributed by atoms with Crippen molar-refractivity contribution >= 4 is 26.9 Å². The van der Waals surface area contributed by atoms with Crippen LogP contribution in [0.4, 0.5) is 4.39 Å². The van der Waals surface area contributed by atoms with Crippen molar-refractivity contribution in [3.63, 3.8) is 0 Å². The first-order chi connectivity index (χ1) is 17.3. The highest BCUT2D eigenvalue weighted by Gasteiger charge is 2.15. The average Bonchev–Trinajstić information content (AvgIpc) is 3.22. The largest absolute Gasteiger partial charge is 0.489 e. The molecule has 2 heterocycles. The quantitative estimate of drug-likeness (QED) is 0.277. The molecule has 10 heteroatoms. The van der Waals surface area contributed by atoms with E-state index in [4.69, 9.17) is 9.84 Å². The summed E-state index contributed by atoms with van der Waals surface area (Å²) in [5.74, 6) is -0.720. The summed E-state index contributed by atoms with van der Waals surface area (Å²) in [6.07, 6.45) is 6.40. The number of sulfonamides is 1. The van der Waals surface area contributed by atoms with Crippen LogP contribution >= 0.6 is 0 Å². The van der Waals surface area contributed by atoms with Crippen molar-refractivity contribution in [1.82, 2.24) is 14.3 Å². The van der Waals surface area contributed by atoms with Crippen molar-refractivity contribution in [1.29, 1.82) is 0 Å². The molecule has 2 aromatic heterocycles. The second-order valence-electron chi connectivity index (χ2n) is 8.28. The number of hydrogen-bond donors (Lipinski definition) is 2. The summed E-state index contributed by atoms with van der Waals surface area (Å²) in [5, 5.41) is 10.0. The molecule has 0 aliphatic rings. The maximum Gasteiger partial charge on any atom is 0.305 e. The Labute approximate surface area is 208 Å². The second kappa shape index (κ2) is 11.3. The third-order valence-electron chi connectivity index (χ3n) is 5.67. The number of hydrogen-bond acceptors (Lipinski definition) is 5. The molecule has 4 rings (SSSR count). The van der Waals surface area contributed by atoms with E-state index in [-0.39, 0.29) is 17.9 Å². The summed E-state index contributed by atoms with van der Waals surface area (Å²) < 4.78 is 48.3. The van der Waals surface area contributed by atoms with Crippen LogP contribution in [-0.2, 0) is 34.4 Å². The van der Waals surface area contributed by atoms with E-state index in [1.807, 2.05) is 41.1 Å². The fourth-order valence-electron chi connectivity index (χ4n) is 3.87. The molecule has 0 aliphatic carbocycles. The van der Waals surface area contributed by atoms with Gasteiger partial charge < -0.3 is 14.4 Å². The molecule has 2 aromatic carbocycles. The van der Waals surface area contributed by atoms with Crippen molar-refractivity contribution in [3.8, 4) is 5.75 Å². The fraction of sp³-hybridized carbons (Fsp3) is 0.231. The Morgan fingerprint density at radius 1 is 1.14 bits per heavy atom. The van der Waals surface area contributed by atoms with E-state index >= 15 is 0 Å². The van der Waals surface area contributed by atoms with E-state index in [0.29, 0.717) is 31.7 Å². The van der Waals surface area contributed by atoms with Crippen LogP contribution in [0, 0.1) is 5.82 Å². The molecule has 0 fully saturated rings. The van der Waals surface area contributed by atoms with Gasteiger partial charge in [0.05, 0.1) is 11.3 Å². The number of rotatable bonds is 12. The van der Waals surface area contributed by atoms with Crippen LogP contribution in [0.5, 0.6) is 5.75 Å². The van der Waals surface area contributed by atoms with Gasteiger partial charge in [-0.25, -0.2) is 17.5 Å². The molecule has 0 spiro atoms. The highest BCUT2D eigenvalue weighted by Crippen LogP contribution is 2.28. The Kier molecular flexibility index (Phi) is 7.97. The lowest BCUT2D eigenvalue weighted by atomic mass is 10.1. The zero-order valence-electron chi connectivity index (χ0n) is 19.4. The highest BCUT2D eigenvalue weighted by atomic mass is 32.2. The first-order valence-corrected chi connectivity index (χ1v) is 12.9. The molecular weight excluding hydrogens is 485 g/mol. The molecule has 4 aromatic rings. The fourth-order valence-corrected chi connectivity index (χ4v) is 4.95. The number of aromatic nitrogens is 2. The van der Waals surface area contributed by atoms with Crippen LogP contribution in [0.2, 0.25) is 0 Å². The third-order valence-corrected chi connectivity index (χ3v) is 7.15. The minimum atomic E-state index is -3.74. The number of aliphatic carboxylic acids is 1. The summed E-state index contributed by atoms with van der Waals surface area (Å²) in [4.78, 5) is 15.2. The lowest BCUT2D eigenvalue weighted by molar-refractivity contribution is -0.137. The molecule has 0 saturated heterocycles.